The molecular weight excluding hydrogens is 727 g/mol. The summed E-state index contributed by atoms with van der Waals surface area (Å²) in [6, 6.07) is 30.7. The van der Waals surface area contributed by atoms with Gasteiger partial charge in [0, 0.05) is 71.3 Å². The SMILES string of the molecule is O=C(CCNC1CCCC1)Nc1cccc(-c2cn(-c3ccc4cc5ccc(-n6cc(-c7cccc(NC(=O)CCNC8CCCC8)c7)nn6)cc5nc4c3)nn2)c1. The largest absolute Gasteiger partial charge is 0.326 e. The van der Waals surface area contributed by atoms with Crippen molar-refractivity contribution in [2.45, 2.75) is 76.3 Å². The van der Waals surface area contributed by atoms with Crippen molar-refractivity contribution in [3.05, 3.63) is 103 Å². The zero-order valence-corrected chi connectivity index (χ0v) is 32.4. The maximum atomic E-state index is 12.6. The molecule has 2 aliphatic carbocycles. The Morgan fingerprint density at radius 3 is 1.50 bits per heavy atom. The van der Waals surface area contributed by atoms with Crippen molar-refractivity contribution in [3.63, 3.8) is 0 Å². The molecule has 9 rings (SSSR count). The van der Waals surface area contributed by atoms with Crippen LogP contribution >= 0.6 is 0 Å². The number of carbonyl (C=O) groups is 2. The molecule has 0 bridgehead atoms. The van der Waals surface area contributed by atoms with E-state index in [0.717, 1.165) is 55.7 Å². The number of carbonyl (C=O) groups excluding carboxylic acids is 2. The van der Waals surface area contributed by atoms with Gasteiger partial charge in [-0.3, -0.25) is 9.59 Å². The highest BCUT2D eigenvalue weighted by molar-refractivity contribution is 5.95. The second-order valence-corrected chi connectivity index (χ2v) is 15.5. The van der Waals surface area contributed by atoms with Crippen molar-refractivity contribution in [3.8, 4) is 33.9 Å². The molecule has 0 spiro atoms. The zero-order chi connectivity index (χ0) is 39.3. The van der Waals surface area contributed by atoms with Gasteiger partial charge >= 0.3 is 0 Å². The lowest BCUT2D eigenvalue weighted by atomic mass is 10.1. The van der Waals surface area contributed by atoms with Gasteiger partial charge in [0.1, 0.15) is 11.4 Å². The summed E-state index contributed by atoms with van der Waals surface area (Å²) >= 11 is 0. The van der Waals surface area contributed by atoms with Crippen molar-refractivity contribution < 1.29 is 9.59 Å². The first kappa shape index (κ1) is 37.3. The molecule has 4 aromatic carbocycles. The summed E-state index contributed by atoms with van der Waals surface area (Å²) in [4.78, 5) is 30.3. The van der Waals surface area contributed by atoms with Gasteiger partial charge in [0.15, 0.2) is 0 Å². The fourth-order valence-electron chi connectivity index (χ4n) is 8.13. The van der Waals surface area contributed by atoms with Crippen molar-refractivity contribution in [2.75, 3.05) is 23.7 Å². The quantitative estimate of drug-likeness (QED) is 0.0818. The number of nitrogens with zero attached hydrogens (tertiary/aromatic N) is 7. The molecule has 13 heteroatoms. The van der Waals surface area contributed by atoms with Gasteiger partial charge in [-0.1, -0.05) is 72.5 Å². The van der Waals surface area contributed by atoms with E-state index in [1.54, 1.807) is 9.36 Å². The molecule has 294 valence electrons. The Labute approximate surface area is 336 Å². The third-order valence-corrected chi connectivity index (χ3v) is 11.3. The Kier molecular flexibility index (Phi) is 11.0. The van der Waals surface area contributed by atoms with Gasteiger partial charge in [0.2, 0.25) is 11.8 Å². The lowest BCUT2D eigenvalue weighted by Crippen LogP contribution is -2.29. The minimum absolute atomic E-state index is 0.0116. The smallest absolute Gasteiger partial charge is 0.225 e. The van der Waals surface area contributed by atoms with E-state index in [0.29, 0.717) is 49.4 Å². The summed E-state index contributed by atoms with van der Waals surface area (Å²) in [5.74, 6) is -0.0233. The first-order chi connectivity index (χ1) is 28.5. The molecule has 2 saturated carbocycles. The predicted octanol–water partition coefficient (Wildman–Crippen LogP) is 7.61. The first-order valence-corrected chi connectivity index (χ1v) is 20.5. The van der Waals surface area contributed by atoms with E-state index >= 15 is 0 Å². The molecule has 0 radical (unpaired) electrons. The number of amides is 2. The van der Waals surface area contributed by atoms with Gasteiger partial charge in [0.25, 0.3) is 0 Å². The van der Waals surface area contributed by atoms with E-state index < -0.39 is 0 Å². The number of hydrogen-bond acceptors (Lipinski definition) is 9. The van der Waals surface area contributed by atoms with Crippen LogP contribution in [0.4, 0.5) is 11.4 Å². The molecule has 4 N–H and O–H groups in total. The third-order valence-electron chi connectivity index (χ3n) is 11.3. The third kappa shape index (κ3) is 8.80. The van der Waals surface area contributed by atoms with Crippen molar-refractivity contribution in [1.29, 1.82) is 0 Å². The Morgan fingerprint density at radius 2 is 1.03 bits per heavy atom. The number of hydrogen-bond donors (Lipinski definition) is 4. The van der Waals surface area contributed by atoms with Crippen LogP contribution in [0.2, 0.25) is 0 Å². The van der Waals surface area contributed by atoms with Crippen LogP contribution in [0.25, 0.3) is 55.7 Å². The fourth-order valence-corrected chi connectivity index (χ4v) is 8.13. The van der Waals surface area contributed by atoms with Gasteiger partial charge in [-0.2, -0.15) is 0 Å². The molecule has 2 aliphatic rings. The maximum absolute atomic E-state index is 12.6. The van der Waals surface area contributed by atoms with E-state index in [9.17, 15) is 9.59 Å². The molecule has 0 aliphatic heterocycles. The molecule has 0 atom stereocenters. The van der Waals surface area contributed by atoms with Crippen LogP contribution in [0.1, 0.15) is 64.2 Å². The number of nitrogens with one attached hydrogen (secondary N) is 4. The summed E-state index contributed by atoms with van der Waals surface area (Å²) in [7, 11) is 0. The normalized spacial score (nSPS) is 14.8. The molecular formula is C45H47N11O2. The number of fused-ring (bicyclic) bond motifs is 2. The van der Waals surface area contributed by atoms with Gasteiger partial charge in [-0.25, -0.2) is 14.3 Å². The highest BCUT2D eigenvalue weighted by Gasteiger charge is 2.16. The summed E-state index contributed by atoms with van der Waals surface area (Å²) in [6.07, 6.45) is 14.5. The van der Waals surface area contributed by atoms with Crippen LogP contribution in [0.3, 0.4) is 0 Å². The predicted molar refractivity (Wildman–Crippen MR) is 227 cm³/mol. The number of aromatic nitrogens is 7. The average Bonchev–Trinajstić information content (AvgIpc) is 4.09. The van der Waals surface area contributed by atoms with Crippen molar-refractivity contribution >= 4 is 45.0 Å². The summed E-state index contributed by atoms with van der Waals surface area (Å²) in [5.41, 5.74) is 7.86. The van der Waals surface area contributed by atoms with Crippen LogP contribution in [0.15, 0.2) is 103 Å². The number of pyridine rings is 1. The Hall–Kier alpha value is -6.31. The highest BCUT2D eigenvalue weighted by atomic mass is 16.2. The Balaban J connectivity index is 0.863. The molecule has 3 heterocycles. The maximum Gasteiger partial charge on any atom is 0.225 e. The second kappa shape index (κ2) is 17.0. The molecule has 2 fully saturated rings. The second-order valence-electron chi connectivity index (χ2n) is 15.5. The fraction of sp³-hybridized carbons (Fsp3) is 0.311. The standard InChI is InChI=1S/C45H47N11O2/c57-44(19-21-46-34-9-1-2-10-34)48-36-13-5-7-30(24-36)42-28-55(53-51-42)38-17-15-32-23-33-16-18-39(27-41(33)50-40(32)26-38)56-29-43(52-54-56)31-8-6-14-37(25-31)49-45(58)20-22-47-35-11-3-4-12-35/h5-8,13-18,23-29,34-35,46-47H,1-4,9-12,19-22H2,(H,48,57)(H,49,58). The minimum Gasteiger partial charge on any atom is -0.326 e. The van der Waals surface area contributed by atoms with E-state index in [4.69, 9.17) is 4.98 Å². The van der Waals surface area contributed by atoms with E-state index in [-0.39, 0.29) is 11.8 Å². The highest BCUT2D eigenvalue weighted by Crippen LogP contribution is 2.27. The van der Waals surface area contributed by atoms with E-state index in [1.807, 2.05) is 97.3 Å². The van der Waals surface area contributed by atoms with Crippen LogP contribution in [-0.4, -0.2) is 72.0 Å². The number of benzene rings is 4. The molecule has 13 nitrogen and oxygen atoms in total. The number of rotatable bonds is 14. The van der Waals surface area contributed by atoms with Gasteiger partial charge in [-0.15, -0.1) is 10.2 Å². The Bertz CT molecular complexity index is 2390. The van der Waals surface area contributed by atoms with Crippen LogP contribution < -0.4 is 21.3 Å². The van der Waals surface area contributed by atoms with Gasteiger partial charge in [0.05, 0.1) is 34.8 Å². The first-order valence-electron chi connectivity index (χ1n) is 20.5. The lowest BCUT2D eigenvalue weighted by molar-refractivity contribution is -0.117. The van der Waals surface area contributed by atoms with Crippen LogP contribution in [0, 0.1) is 0 Å². The topological polar surface area (TPSA) is 157 Å². The minimum atomic E-state index is -0.0116. The van der Waals surface area contributed by atoms with Crippen molar-refractivity contribution in [1.82, 2.24) is 45.6 Å². The average molecular weight is 774 g/mol. The monoisotopic (exact) mass is 773 g/mol. The van der Waals surface area contributed by atoms with Gasteiger partial charge < -0.3 is 21.3 Å². The molecule has 0 unspecified atom stereocenters. The molecule has 2 amide bonds. The van der Waals surface area contributed by atoms with Crippen LogP contribution in [-0.2, 0) is 9.59 Å². The summed E-state index contributed by atoms with van der Waals surface area (Å²) < 4.78 is 3.48. The van der Waals surface area contributed by atoms with E-state index in [2.05, 4.69) is 48.0 Å². The molecule has 58 heavy (non-hydrogen) atoms. The molecule has 0 saturated heterocycles. The number of anilines is 2. The van der Waals surface area contributed by atoms with E-state index in [1.165, 1.54) is 51.4 Å². The van der Waals surface area contributed by atoms with Crippen LogP contribution in [0.5, 0.6) is 0 Å². The Morgan fingerprint density at radius 1 is 0.569 bits per heavy atom. The summed E-state index contributed by atoms with van der Waals surface area (Å²) in [6.45, 7) is 1.37. The van der Waals surface area contributed by atoms with Crippen molar-refractivity contribution in [2.24, 2.45) is 0 Å². The summed E-state index contributed by atoms with van der Waals surface area (Å²) in [5, 5.41) is 32.8. The lowest BCUT2D eigenvalue weighted by Gasteiger charge is -2.11. The zero-order valence-electron chi connectivity index (χ0n) is 32.4. The molecule has 7 aromatic rings. The van der Waals surface area contributed by atoms with Gasteiger partial charge in [-0.05, 0) is 80.3 Å². The molecule has 3 aromatic heterocycles.